The minimum atomic E-state index is -0.786. The summed E-state index contributed by atoms with van der Waals surface area (Å²) in [5.74, 6) is -1.03. The van der Waals surface area contributed by atoms with Crippen molar-refractivity contribution < 1.29 is 14.6 Å². The number of esters is 1. The van der Waals surface area contributed by atoms with Gasteiger partial charge in [-0.15, -0.1) is 0 Å². The van der Waals surface area contributed by atoms with Crippen LogP contribution in [0.1, 0.15) is 34.1 Å². The van der Waals surface area contributed by atoms with E-state index in [0.717, 1.165) is 13.1 Å². The predicted molar refractivity (Wildman–Crippen MR) is 88.9 cm³/mol. The molecule has 0 atom stereocenters. The number of benzene rings is 1. The van der Waals surface area contributed by atoms with Gasteiger partial charge in [-0.2, -0.15) is 0 Å². The number of aromatic nitrogens is 1. The second-order valence-electron chi connectivity index (χ2n) is 5.80. The molecule has 126 valence electrons. The van der Waals surface area contributed by atoms with Gasteiger partial charge in [-0.25, -0.2) is 4.79 Å². The zero-order valence-corrected chi connectivity index (χ0v) is 13.5. The van der Waals surface area contributed by atoms with E-state index in [1.807, 2.05) is 18.2 Å². The maximum atomic E-state index is 12.2. The molecule has 1 aliphatic heterocycles. The quantitative estimate of drug-likeness (QED) is 0.837. The Kier molecular flexibility index (Phi) is 4.66. The van der Waals surface area contributed by atoms with Gasteiger partial charge in [0.05, 0.1) is 6.61 Å². The van der Waals surface area contributed by atoms with Gasteiger partial charge < -0.3 is 14.8 Å². The standard InChI is InChI=1S/C18H20N2O4/c1-2-24-18(23)15-16(21)13-8-9-20(11-14(13)19-17(15)22)10-12-6-4-3-5-7-12/h3-7H,2,8-11H2,1H3,(H2,19,21,22). The fraction of sp³-hybridized carbons (Fsp3) is 0.333. The van der Waals surface area contributed by atoms with Crippen LogP contribution in [0.2, 0.25) is 0 Å². The number of fused-ring (bicyclic) bond motifs is 1. The van der Waals surface area contributed by atoms with Crippen LogP contribution in [0, 0.1) is 0 Å². The van der Waals surface area contributed by atoms with Crippen LogP contribution in [0.3, 0.4) is 0 Å². The number of ether oxygens (including phenoxy) is 1. The summed E-state index contributed by atoms with van der Waals surface area (Å²) in [4.78, 5) is 28.9. The Morgan fingerprint density at radius 2 is 2.08 bits per heavy atom. The van der Waals surface area contributed by atoms with Gasteiger partial charge in [0, 0.05) is 30.9 Å². The van der Waals surface area contributed by atoms with E-state index in [-0.39, 0.29) is 17.9 Å². The third kappa shape index (κ3) is 3.19. The van der Waals surface area contributed by atoms with E-state index in [1.54, 1.807) is 6.92 Å². The van der Waals surface area contributed by atoms with Crippen LogP contribution < -0.4 is 5.56 Å². The first kappa shape index (κ1) is 16.3. The van der Waals surface area contributed by atoms with E-state index in [9.17, 15) is 14.7 Å². The maximum absolute atomic E-state index is 12.2. The molecule has 24 heavy (non-hydrogen) atoms. The van der Waals surface area contributed by atoms with Crippen molar-refractivity contribution in [3.63, 3.8) is 0 Å². The lowest BCUT2D eigenvalue weighted by Crippen LogP contribution is -2.34. The Morgan fingerprint density at radius 1 is 1.33 bits per heavy atom. The average Bonchev–Trinajstić information content (AvgIpc) is 2.56. The monoisotopic (exact) mass is 328 g/mol. The minimum absolute atomic E-state index is 0.152. The maximum Gasteiger partial charge on any atom is 0.347 e. The molecule has 1 aliphatic rings. The van der Waals surface area contributed by atoms with E-state index in [4.69, 9.17) is 4.74 Å². The van der Waals surface area contributed by atoms with Gasteiger partial charge in [0.25, 0.3) is 5.56 Å². The van der Waals surface area contributed by atoms with Crippen LogP contribution in [0.5, 0.6) is 5.75 Å². The second kappa shape index (κ2) is 6.88. The normalized spacial score (nSPS) is 14.2. The molecule has 0 unspecified atom stereocenters. The van der Waals surface area contributed by atoms with E-state index < -0.39 is 11.5 Å². The van der Waals surface area contributed by atoms with Crippen molar-refractivity contribution in [2.75, 3.05) is 13.2 Å². The topological polar surface area (TPSA) is 82.6 Å². The van der Waals surface area contributed by atoms with Gasteiger partial charge in [-0.3, -0.25) is 9.69 Å². The Morgan fingerprint density at radius 3 is 2.79 bits per heavy atom. The van der Waals surface area contributed by atoms with Crippen LogP contribution in [0.15, 0.2) is 35.1 Å². The van der Waals surface area contributed by atoms with Crippen molar-refractivity contribution in [2.24, 2.45) is 0 Å². The number of carbonyl (C=O) groups excluding carboxylic acids is 1. The highest BCUT2D eigenvalue weighted by molar-refractivity contribution is 5.92. The first-order valence-corrected chi connectivity index (χ1v) is 8.00. The third-order valence-corrected chi connectivity index (χ3v) is 4.17. The lowest BCUT2D eigenvalue weighted by molar-refractivity contribution is 0.0520. The third-order valence-electron chi connectivity index (χ3n) is 4.17. The van der Waals surface area contributed by atoms with Gasteiger partial charge >= 0.3 is 5.97 Å². The molecule has 0 saturated carbocycles. The molecule has 6 nitrogen and oxygen atoms in total. The molecule has 0 fully saturated rings. The molecule has 0 aliphatic carbocycles. The number of nitrogens with zero attached hydrogens (tertiary/aromatic N) is 1. The zero-order valence-electron chi connectivity index (χ0n) is 13.5. The van der Waals surface area contributed by atoms with Crippen LogP contribution >= 0.6 is 0 Å². The van der Waals surface area contributed by atoms with E-state index in [0.29, 0.717) is 24.2 Å². The van der Waals surface area contributed by atoms with Gasteiger partial charge in [0.1, 0.15) is 5.75 Å². The van der Waals surface area contributed by atoms with Crippen molar-refractivity contribution >= 4 is 5.97 Å². The molecule has 6 heteroatoms. The van der Waals surface area contributed by atoms with Gasteiger partial charge in [0.15, 0.2) is 5.56 Å². The number of carbonyl (C=O) groups is 1. The largest absolute Gasteiger partial charge is 0.506 e. The Labute approximate surface area is 139 Å². The fourth-order valence-corrected chi connectivity index (χ4v) is 3.02. The van der Waals surface area contributed by atoms with Crippen molar-refractivity contribution in [1.29, 1.82) is 0 Å². The molecule has 3 rings (SSSR count). The van der Waals surface area contributed by atoms with Crippen LogP contribution in [-0.4, -0.2) is 34.1 Å². The molecule has 0 spiro atoms. The number of nitrogens with one attached hydrogen (secondary N) is 1. The Hall–Kier alpha value is -2.60. The van der Waals surface area contributed by atoms with Gasteiger partial charge in [0.2, 0.25) is 0 Å². The van der Waals surface area contributed by atoms with Gasteiger partial charge in [-0.1, -0.05) is 30.3 Å². The van der Waals surface area contributed by atoms with Crippen molar-refractivity contribution in [1.82, 2.24) is 9.88 Å². The number of H-pyrrole nitrogens is 1. The number of aromatic amines is 1. The molecule has 1 aromatic heterocycles. The summed E-state index contributed by atoms with van der Waals surface area (Å²) in [6.07, 6.45) is 0.567. The highest BCUT2D eigenvalue weighted by atomic mass is 16.5. The highest BCUT2D eigenvalue weighted by Crippen LogP contribution is 2.28. The molecular weight excluding hydrogens is 308 g/mol. The van der Waals surface area contributed by atoms with Crippen molar-refractivity contribution in [2.45, 2.75) is 26.4 Å². The molecule has 2 heterocycles. The Bertz CT molecular complexity index is 799. The lowest BCUT2D eigenvalue weighted by atomic mass is 10.0. The molecule has 2 N–H and O–H groups in total. The SMILES string of the molecule is CCOC(=O)c1c(O)c2c([nH]c1=O)CN(Cc1ccccc1)CC2. The molecular formula is C18H20N2O4. The number of aromatic hydroxyl groups is 1. The lowest BCUT2D eigenvalue weighted by Gasteiger charge is -2.29. The highest BCUT2D eigenvalue weighted by Gasteiger charge is 2.27. The summed E-state index contributed by atoms with van der Waals surface area (Å²) in [5, 5.41) is 10.3. The van der Waals surface area contributed by atoms with Crippen LogP contribution in [0.4, 0.5) is 0 Å². The summed E-state index contributed by atoms with van der Waals surface area (Å²) < 4.78 is 4.85. The summed E-state index contributed by atoms with van der Waals surface area (Å²) in [6.45, 7) is 3.84. The van der Waals surface area contributed by atoms with Crippen molar-refractivity contribution in [3.8, 4) is 5.75 Å². The molecule has 1 aromatic carbocycles. The van der Waals surface area contributed by atoms with E-state index in [2.05, 4.69) is 22.0 Å². The first-order chi connectivity index (χ1) is 11.6. The summed E-state index contributed by atoms with van der Waals surface area (Å²) in [6, 6.07) is 10.1. The molecule has 0 amide bonds. The van der Waals surface area contributed by atoms with Crippen LogP contribution in [-0.2, 0) is 24.2 Å². The molecule has 0 radical (unpaired) electrons. The average molecular weight is 328 g/mol. The van der Waals surface area contributed by atoms with E-state index in [1.165, 1.54) is 5.56 Å². The van der Waals surface area contributed by atoms with Crippen molar-refractivity contribution in [3.05, 3.63) is 63.1 Å². The summed E-state index contributed by atoms with van der Waals surface area (Å²) >= 11 is 0. The smallest absolute Gasteiger partial charge is 0.347 e. The second-order valence-corrected chi connectivity index (χ2v) is 5.80. The summed E-state index contributed by atoms with van der Waals surface area (Å²) in [7, 11) is 0. The molecule has 0 saturated heterocycles. The summed E-state index contributed by atoms with van der Waals surface area (Å²) in [5.41, 5.74) is 1.57. The van der Waals surface area contributed by atoms with E-state index >= 15 is 0 Å². The zero-order chi connectivity index (χ0) is 17.1. The number of pyridine rings is 1. The molecule has 2 aromatic rings. The fourth-order valence-electron chi connectivity index (χ4n) is 3.02. The van der Waals surface area contributed by atoms with Gasteiger partial charge in [-0.05, 0) is 18.9 Å². The minimum Gasteiger partial charge on any atom is -0.506 e. The predicted octanol–water partition coefficient (Wildman–Crippen LogP) is 1.82. The number of hydrogen-bond donors (Lipinski definition) is 2. The number of hydrogen-bond acceptors (Lipinski definition) is 5. The first-order valence-electron chi connectivity index (χ1n) is 8.00. The molecule has 0 bridgehead atoms. The number of rotatable bonds is 4. The Balaban J connectivity index is 1.85. The van der Waals surface area contributed by atoms with Crippen LogP contribution in [0.25, 0.3) is 0 Å².